The van der Waals surface area contributed by atoms with Gasteiger partial charge in [0.2, 0.25) is 5.95 Å². The van der Waals surface area contributed by atoms with Gasteiger partial charge >= 0.3 is 0 Å². The Morgan fingerprint density at radius 1 is 1.12 bits per heavy atom. The normalized spacial score (nSPS) is 19.7. The minimum atomic E-state index is -0.463. The van der Waals surface area contributed by atoms with E-state index in [9.17, 15) is 4.39 Å². The maximum absolute atomic E-state index is 14.6. The van der Waals surface area contributed by atoms with Crippen LogP contribution in [0.25, 0.3) is 11.4 Å². The molecule has 1 saturated carbocycles. The molecule has 3 N–H and O–H groups in total. The molecule has 1 aromatic carbocycles. The van der Waals surface area contributed by atoms with E-state index in [1.807, 2.05) is 19.2 Å². The first-order valence-corrected chi connectivity index (χ1v) is 11.8. The van der Waals surface area contributed by atoms with Crippen molar-refractivity contribution in [2.75, 3.05) is 10.6 Å². The summed E-state index contributed by atoms with van der Waals surface area (Å²) < 4.78 is 16.3. The third kappa shape index (κ3) is 4.86. The summed E-state index contributed by atoms with van der Waals surface area (Å²) in [6.45, 7) is 8.67. The van der Waals surface area contributed by atoms with Gasteiger partial charge in [0.05, 0.1) is 6.20 Å². The smallest absolute Gasteiger partial charge is 0.229 e. The summed E-state index contributed by atoms with van der Waals surface area (Å²) >= 11 is 0. The molecule has 0 unspecified atom stereocenters. The number of benzene rings is 1. The van der Waals surface area contributed by atoms with E-state index < -0.39 is 5.82 Å². The summed E-state index contributed by atoms with van der Waals surface area (Å²) in [6, 6.07) is 6.21. The van der Waals surface area contributed by atoms with Crippen LogP contribution in [0.15, 0.2) is 24.4 Å². The van der Waals surface area contributed by atoms with Gasteiger partial charge < -0.3 is 16.0 Å². The minimum absolute atomic E-state index is 0.0571. The van der Waals surface area contributed by atoms with Gasteiger partial charge in [0.25, 0.3) is 0 Å². The molecular formula is C24H32FN9. The SMILES string of the molecule is Cn1nnnc1-c1cc(Nc2ncc(F)c(NC3CC(C)(C)NC(C)(C)C3)n2)ccc1C1CC1. The number of aromatic nitrogens is 6. The lowest BCUT2D eigenvalue weighted by Crippen LogP contribution is -2.60. The highest BCUT2D eigenvalue weighted by molar-refractivity contribution is 5.70. The zero-order valence-corrected chi connectivity index (χ0v) is 20.4. The van der Waals surface area contributed by atoms with Crippen LogP contribution in [0, 0.1) is 5.82 Å². The Kier molecular flexibility index (Phi) is 5.50. The highest BCUT2D eigenvalue weighted by Gasteiger charge is 2.38. The summed E-state index contributed by atoms with van der Waals surface area (Å²) in [4.78, 5) is 8.63. The van der Waals surface area contributed by atoms with Crippen molar-refractivity contribution in [2.45, 2.75) is 76.4 Å². The number of hydrogen-bond acceptors (Lipinski definition) is 8. The first kappa shape index (κ1) is 22.6. The van der Waals surface area contributed by atoms with Gasteiger partial charge in [0.1, 0.15) is 0 Å². The predicted octanol–water partition coefficient (Wildman–Crippen LogP) is 4.15. The largest absolute Gasteiger partial charge is 0.365 e. The minimum Gasteiger partial charge on any atom is -0.365 e. The van der Waals surface area contributed by atoms with Crippen LogP contribution in [-0.4, -0.2) is 47.3 Å². The van der Waals surface area contributed by atoms with E-state index in [1.54, 1.807) is 4.68 Å². The van der Waals surface area contributed by atoms with Crippen molar-refractivity contribution in [1.29, 1.82) is 0 Å². The van der Waals surface area contributed by atoms with Gasteiger partial charge in [-0.05, 0) is 87.4 Å². The molecule has 1 aliphatic heterocycles. The third-order valence-corrected chi connectivity index (χ3v) is 6.46. The molecule has 1 aliphatic carbocycles. The van der Waals surface area contributed by atoms with E-state index in [4.69, 9.17) is 0 Å². The first-order valence-electron chi connectivity index (χ1n) is 11.8. The summed E-state index contributed by atoms with van der Waals surface area (Å²) in [5.74, 6) is 1.33. The van der Waals surface area contributed by atoms with Crippen LogP contribution >= 0.6 is 0 Å². The van der Waals surface area contributed by atoms with Crippen LogP contribution in [0.3, 0.4) is 0 Å². The predicted molar refractivity (Wildman–Crippen MR) is 129 cm³/mol. The monoisotopic (exact) mass is 465 g/mol. The molecule has 2 fully saturated rings. The number of anilines is 3. The van der Waals surface area contributed by atoms with Crippen molar-refractivity contribution in [3.05, 3.63) is 35.8 Å². The van der Waals surface area contributed by atoms with Crippen LogP contribution in [0.1, 0.15) is 64.9 Å². The van der Waals surface area contributed by atoms with Gasteiger partial charge in [-0.3, -0.25) is 0 Å². The lowest BCUT2D eigenvalue weighted by molar-refractivity contribution is 0.170. The average molecular weight is 466 g/mol. The van der Waals surface area contributed by atoms with E-state index in [1.165, 1.54) is 24.6 Å². The number of aryl methyl sites for hydroxylation is 1. The topological polar surface area (TPSA) is 105 Å². The maximum Gasteiger partial charge on any atom is 0.229 e. The van der Waals surface area contributed by atoms with Crippen LogP contribution in [0.4, 0.5) is 21.8 Å². The fourth-order valence-corrected chi connectivity index (χ4v) is 5.31. The Balaban J connectivity index is 1.39. The van der Waals surface area contributed by atoms with Crippen LogP contribution in [-0.2, 0) is 7.05 Å². The van der Waals surface area contributed by atoms with E-state index >= 15 is 0 Å². The number of rotatable bonds is 6. The molecule has 3 heterocycles. The lowest BCUT2D eigenvalue weighted by Gasteiger charge is -2.46. The third-order valence-electron chi connectivity index (χ3n) is 6.46. The van der Waals surface area contributed by atoms with Crippen molar-refractivity contribution >= 4 is 17.5 Å². The van der Waals surface area contributed by atoms with Crippen molar-refractivity contribution in [1.82, 2.24) is 35.5 Å². The molecular weight excluding hydrogens is 433 g/mol. The Labute approximate surface area is 199 Å². The van der Waals surface area contributed by atoms with Crippen molar-refractivity contribution in [3.63, 3.8) is 0 Å². The molecule has 1 saturated heterocycles. The molecule has 9 nitrogen and oxygen atoms in total. The number of halogens is 1. The van der Waals surface area contributed by atoms with E-state index in [2.05, 4.69) is 75.2 Å². The molecule has 0 atom stereocenters. The fraction of sp³-hybridized carbons (Fsp3) is 0.542. The van der Waals surface area contributed by atoms with Crippen LogP contribution in [0.2, 0.25) is 0 Å². The lowest BCUT2D eigenvalue weighted by atomic mass is 9.79. The molecule has 180 valence electrons. The Bertz CT molecular complexity index is 1180. The molecule has 34 heavy (non-hydrogen) atoms. The molecule has 0 radical (unpaired) electrons. The first-order chi connectivity index (χ1) is 16.1. The summed E-state index contributed by atoms with van der Waals surface area (Å²) in [5, 5.41) is 22.2. The summed E-state index contributed by atoms with van der Waals surface area (Å²) in [7, 11) is 1.83. The van der Waals surface area contributed by atoms with E-state index in [0.29, 0.717) is 17.7 Å². The summed E-state index contributed by atoms with van der Waals surface area (Å²) in [5.41, 5.74) is 2.90. The van der Waals surface area contributed by atoms with Crippen molar-refractivity contribution in [3.8, 4) is 11.4 Å². The second-order valence-corrected chi connectivity index (χ2v) is 10.9. The van der Waals surface area contributed by atoms with Crippen LogP contribution in [0.5, 0.6) is 0 Å². The Morgan fingerprint density at radius 2 is 1.85 bits per heavy atom. The fourth-order valence-electron chi connectivity index (χ4n) is 5.31. The van der Waals surface area contributed by atoms with Gasteiger partial charge in [-0.1, -0.05) is 6.07 Å². The molecule has 0 amide bonds. The zero-order valence-electron chi connectivity index (χ0n) is 20.4. The molecule has 2 aromatic heterocycles. The zero-order chi connectivity index (χ0) is 24.1. The second-order valence-electron chi connectivity index (χ2n) is 10.9. The second kappa shape index (κ2) is 8.26. The molecule has 5 rings (SSSR count). The number of hydrogen-bond donors (Lipinski definition) is 3. The quantitative estimate of drug-likeness (QED) is 0.499. The molecule has 2 aliphatic rings. The average Bonchev–Trinajstić information content (AvgIpc) is 3.48. The number of nitrogens with zero attached hydrogens (tertiary/aromatic N) is 6. The number of piperidine rings is 1. The molecule has 0 bridgehead atoms. The summed E-state index contributed by atoms with van der Waals surface area (Å²) in [6.07, 6.45) is 5.28. The highest BCUT2D eigenvalue weighted by Crippen LogP contribution is 2.44. The molecule has 0 spiro atoms. The molecule has 3 aromatic rings. The van der Waals surface area contributed by atoms with E-state index in [-0.39, 0.29) is 22.9 Å². The van der Waals surface area contributed by atoms with Gasteiger partial charge in [0, 0.05) is 35.4 Å². The van der Waals surface area contributed by atoms with Gasteiger partial charge in [-0.2, -0.15) is 4.98 Å². The van der Waals surface area contributed by atoms with Gasteiger partial charge in [-0.25, -0.2) is 14.1 Å². The Hall–Kier alpha value is -3.14. The van der Waals surface area contributed by atoms with E-state index in [0.717, 1.165) is 24.1 Å². The maximum atomic E-state index is 14.6. The number of nitrogens with one attached hydrogen (secondary N) is 3. The van der Waals surface area contributed by atoms with Crippen LogP contribution < -0.4 is 16.0 Å². The van der Waals surface area contributed by atoms with Gasteiger partial charge in [0.15, 0.2) is 17.5 Å². The molecule has 10 heteroatoms. The Morgan fingerprint density at radius 3 is 2.50 bits per heavy atom. The highest BCUT2D eigenvalue weighted by atomic mass is 19.1. The van der Waals surface area contributed by atoms with Crippen molar-refractivity contribution < 1.29 is 4.39 Å². The van der Waals surface area contributed by atoms with Crippen molar-refractivity contribution in [2.24, 2.45) is 7.05 Å². The number of tetrazole rings is 1. The standard InChI is InChI=1S/C24H32FN9/c1-23(2)11-16(12-24(3,4)31-23)27-20-19(25)13-26-22(29-20)28-15-8-9-17(14-6-7-14)18(10-15)21-30-32-33-34(21)5/h8-10,13-14,16,31H,6-7,11-12H2,1-5H3,(H2,26,27,28,29). The van der Waals surface area contributed by atoms with Gasteiger partial charge in [-0.15, -0.1) is 5.10 Å².